The molecule has 1 amide bonds. The Morgan fingerprint density at radius 2 is 1.80 bits per heavy atom. The number of carboxylic acids is 1. The lowest BCUT2D eigenvalue weighted by atomic mass is 10.0. The van der Waals surface area contributed by atoms with Crippen molar-refractivity contribution in [1.82, 2.24) is 9.88 Å². The Kier molecular flexibility index (Phi) is 5.59. The summed E-state index contributed by atoms with van der Waals surface area (Å²) in [7, 11) is 0. The molecule has 3 aromatic rings. The van der Waals surface area contributed by atoms with E-state index in [9.17, 15) is 14.7 Å². The lowest BCUT2D eigenvalue weighted by Crippen LogP contribution is -2.35. The molecule has 154 valence electrons. The van der Waals surface area contributed by atoms with E-state index in [4.69, 9.17) is 11.6 Å². The molecule has 1 aromatic heterocycles. The first-order valence-electron chi connectivity index (χ1n) is 9.94. The van der Waals surface area contributed by atoms with E-state index in [1.807, 2.05) is 17.0 Å². The van der Waals surface area contributed by atoms with Crippen LogP contribution < -0.4 is 5.32 Å². The molecule has 2 N–H and O–H groups in total. The van der Waals surface area contributed by atoms with Gasteiger partial charge in [-0.3, -0.25) is 4.79 Å². The molecule has 2 heterocycles. The van der Waals surface area contributed by atoms with Crippen LogP contribution >= 0.6 is 11.6 Å². The quantitative estimate of drug-likeness (QED) is 0.597. The van der Waals surface area contributed by atoms with Gasteiger partial charge < -0.3 is 15.3 Å². The van der Waals surface area contributed by atoms with E-state index in [0.717, 1.165) is 32.4 Å². The molecule has 1 aliphatic heterocycles. The molecule has 0 saturated carbocycles. The third kappa shape index (κ3) is 3.71. The van der Waals surface area contributed by atoms with Crippen LogP contribution in [-0.4, -0.2) is 40.0 Å². The van der Waals surface area contributed by atoms with Crippen LogP contribution in [0.5, 0.6) is 0 Å². The van der Waals surface area contributed by atoms with Gasteiger partial charge in [0.25, 0.3) is 5.91 Å². The van der Waals surface area contributed by atoms with Gasteiger partial charge in [-0.05, 0) is 49.9 Å². The number of hydrogen-bond donors (Lipinski definition) is 2. The van der Waals surface area contributed by atoms with Crippen LogP contribution in [0.25, 0.3) is 10.8 Å². The molecule has 6 nitrogen and oxygen atoms in total. The predicted molar refractivity (Wildman–Crippen MR) is 118 cm³/mol. The van der Waals surface area contributed by atoms with E-state index in [-0.39, 0.29) is 11.5 Å². The van der Waals surface area contributed by atoms with Gasteiger partial charge in [0.15, 0.2) is 0 Å². The summed E-state index contributed by atoms with van der Waals surface area (Å²) in [5.41, 5.74) is 1.95. The number of fused-ring (bicyclic) bond motifs is 1. The number of anilines is 2. The number of amides is 1. The van der Waals surface area contributed by atoms with Crippen LogP contribution in [0.2, 0.25) is 5.02 Å². The van der Waals surface area contributed by atoms with Crippen LogP contribution in [0.3, 0.4) is 0 Å². The molecular formula is C23H22ClN3O3. The zero-order valence-electron chi connectivity index (χ0n) is 16.6. The first-order valence-corrected chi connectivity index (χ1v) is 10.3. The minimum absolute atomic E-state index is 0.0593. The van der Waals surface area contributed by atoms with Crippen LogP contribution in [0.4, 0.5) is 11.5 Å². The standard InChI is InChI=1S/C23H22ClN3O3/c1-14-15(23(29)30)7-6-10-19(14)26-21-16-8-5-9-18(24)20(16)17(13-25-21)22(28)27-11-3-2-4-12-27/h5-10,13H,2-4,11-12H2,1H3,(H,25,26)(H,29,30). The fourth-order valence-corrected chi connectivity index (χ4v) is 4.19. The second kappa shape index (κ2) is 8.32. The number of benzene rings is 2. The van der Waals surface area contributed by atoms with Gasteiger partial charge in [0.1, 0.15) is 5.82 Å². The number of rotatable bonds is 4. The maximum absolute atomic E-state index is 13.2. The van der Waals surface area contributed by atoms with Gasteiger partial charge in [0, 0.05) is 40.8 Å². The van der Waals surface area contributed by atoms with Crippen LogP contribution in [-0.2, 0) is 0 Å². The summed E-state index contributed by atoms with van der Waals surface area (Å²) >= 11 is 6.51. The van der Waals surface area contributed by atoms with Crippen molar-refractivity contribution in [1.29, 1.82) is 0 Å². The molecule has 1 aliphatic rings. The van der Waals surface area contributed by atoms with Gasteiger partial charge in [0.2, 0.25) is 0 Å². The smallest absolute Gasteiger partial charge is 0.336 e. The highest BCUT2D eigenvalue weighted by Crippen LogP contribution is 2.34. The highest BCUT2D eigenvalue weighted by molar-refractivity contribution is 6.37. The third-order valence-electron chi connectivity index (χ3n) is 5.55. The highest BCUT2D eigenvalue weighted by atomic mass is 35.5. The molecule has 30 heavy (non-hydrogen) atoms. The third-order valence-corrected chi connectivity index (χ3v) is 5.87. The summed E-state index contributed by atoms with van der Waals surface area (Å²) < 4.78 is 0. The number of nitrogens with zero attached hydrogens (tertiary/aromatic N) is 2. The average Bonchev–Trinajstić information content (AvgIpc) is 2.75. The number of aromatic carboxylic acids is 1. The zero-order chi connectivity index (χ0) is 21.3. The summed E-state index contributed by atoms with van der Waals surface area (Å²) in [4.78, 5) is 31.0. The number of carbonyl (C=O) groups is 2. The van der Waals surface area contributed by atoms with Gasteiger partial charge >= 0.3 is 5.97 Å². The summed E-state index contributed by atoms with van der Waals surface area (Å²) in [6, 6.07) is 10.5. The molecule has 0 spiro atoms. The molecule has 7 heteroatoms. The SMILES string of the molecule is Cc1c(Nc2ncc(C(=O)N3CCCCC3)c3c(Cl)cccc23)cccc1C(=O)O. The highest BCUT2D eigenvalue weighted by Gasteiger charge is 2.23. The Balaban J connectivity index is 1.78. The zero-order valence-corrected chi connectivity index (χ0v) is 17.4. The van der Waals surface area contributed by atoms with Gasteiger partial charge in [-0.1, -0.05) is 29.8 Å². The lowest BCUT2D eigenvalue weighted by Gasteiger charge is -2.27. The molecule has 0 radical (unpaired) electrons. The van der Waals surface area contributed by atoms with Crippen molar-refractivity contribution < 1.29 is 14.7 Å². The predicted octanol–water partition coefficient (Wildman–Crippen LogP) is 5.26. The fourth-order valence-electron chi connectivity index (χ4n) is 3.92. The monoisotopic (exact) mass is 423 g/mol. The van der Waals surface area contributed by atoms with Gasteiger partial charge in [0.05, 0.1) is 11.1 Å². The van der Waals surface area contributed by atoms with Crippen LogP contribution in [0.15, 0.2) is 42.6 Å². The second-order valence-corrected chi connectivity index (χ2v) is 7.85. The molecular weight excluding hydrogens is 402 g/mol. The van der Waals surface area contributed by atoms with Gasteiger partial charge in [-0.15, -0.1) is 0 Å². The first kappa shape index (κ1) is 20.2. The Hall–Kier alpha value is -3.12. The maximum atomic E-state index is 13.2. The molecule has 0 bridgehead atoms. The number of carboxylic acid groups (broad SMARTS) is 1. The maximum Gasteiger partial charge on any atom is 0.336 e. The Labute approximate surface area is 179 Å². The number of piperidine rings is 1. The molecule has 0 aliphatic carbocycles. The minimum Gasteiger partial charge on any atom is -0.478 e. The Morgan fingerprint density at radius 3 is 2.53 bits per heavy atom. The van der Waals surface area contributed by atoms with Gasteiger partial charge in [-0.25, -0.2) is 9.78 Å². The van der Waals surface area contributed by atoms with E-state index in [1.165, 1.54) is 0 Å². The summed E-state index contributed by atoms with van der Waals surface area (Å²) in [5.74, 6) is -0.524. The molecule has 4 rings (SSSR count). The number of carbonyl (C=O) groups excluding carboxylic acids is 1. The first-order chi connectivity index (χ1) is 14.5. The van der Waals surface area contributed by atoms with Crippen molar-refractivity contribution in [3.05, 3.63) is 64.3 Å². The van der Waals surface area contributed by atoms with Crippen molar-refractivity contribution in [2.24, 2.45) is 0 Å². The number of likely N-dealkylation sites (tertiary alicyclic amines) is 1. The molecule has 2 aromatic carbocycles. The van der Waals surface area contributed by atoms with E-state index in [0.29, 0.717) is 38.4 Å². The second-order valence-electron chi connectivity index (χ2n) is 7.44. The lowest BCUT2D eigenvalue weighted by molar-refractivity contribution is 0.0693. The van der Waals surface area contributed by atoms with Crippen molar-refractivity contribution in [3.8, 4) is 0 Å². The largest absolute Gasteiger partial charge is 0.478 e. The van der Waals surface area contributed by atoms with Crippen LogP contribution in [0.1, 0.15) is 45.5 Å². The Bertz CT molecular complexity index is 1140. The van der Waals surface area contributed by atoms with Crippen molar-refractivity contribution in [2.45, 2.75) is 26.2 Å². The van der Waals surface area contributed by atoms with E-state index < -0.39 is 5.97 Å². The number of aromatic nitrogens is 1. The van der Waals surface area contributed by atoms with Crippen molar-refractivity contribution in [3.63, 3.8) is 0 Å². The summed E-state index contributed by atoms with van der Waals surface area (Å²) in [6.45, 7) is 3.23. The molecule has 1 saturated heterocycles. The summed E-state index contributed by atoms with van der Waals surface area (Å²) in [5, 5.41) is 14.5. The number of hydrogen-bond acceptors (Lipinski definition) is 4. The molecule has 0 unspecified atom stereocenters. The minimum atomic E-state index is -0.987. The Morgan fingerprint density at radius 1 is 1.07 bits per heavy atom. The number of halogens is 1. The van der Waals surface area contributed by atoms with Crippen LogP contribution in [0, 0.1) is 6.92 Å². The van der Waals surface area contributed by atoms with E-state index in [1.54, 1.807) is 37.4 Å². The molecule has 0 atom stereocenters. The normalized spacial score (nSPS) is 14.0. The van der Waals surface area contributed by atoms with Gasteiger partial charge in [-0.2, -0.15) is 0 Å². The summed E-state index contributed by atoms with van der Waals surface area (Å²) in [6.07, 6.45) is 4.71. The van der Waals surface area contributed by atoms with Crippen molar-refractivity contribution >= 4 is 45.8 Å². The number of nitrogens with one attached hydrogen (secondary N) is 1. The average molecular weight is 424 g/mol. The topological polar surface area (TPSA) is 82.5 Å². The van der Waals surface area contributed by atoms with E-state index in [2.05, 4.69) is 10.3 Å². The van der Waals surface area contributed by atoms with E-state index >= 15 is 0 Å². The number of pyridine rings is 1. The molecule has 1 fully saturated rings. The fraction of sp³-hybridized carbons (Fsp3) is 0.261. The van der Waals surface area contributed by atoms with Crippen molar-refractivity contribution in [2.75, 3.05) is 18.4 Å².